The Kier molecular flexibility index (Phi) is 3.38. The summed E-state index contributed by atoms with van der Waals surface area (Å²) >= 11 is -2.82. The second-order valence-electron chi connectivity index (χ2n) is 2.56. The van der Waals surface area contributed by atoms with E-state index in [9.17, 15) is 12.6 Å². The molecule has 0 radical (unpaired) electrons. The van der Waals surface area contributed by atoms with Crippen LogP contribution in [0.25, 0.3) is 0 Å². The Morgan fingerprint density at radius 3 is 2.25 bits per heavy atom. The van der Waals surface area contributed by atoms with E-state index in [-0.39, 0.29) is 0 Å². The molecule has 0 spiro atoms. The van der Waals surface area contributed by atoms with E-state index in [1.807, 2.05) is 0 Å². The fourth-order valence-electron chi connectivity index (χ4n) is 0.858. The molecule has 0 saturated carbocycles. The van der Waals surface area contributed by atoms with Crippen molar-refractivity contribution in [1.29, 1.82) is 0 Å². The number of aromatic hydroxyl groups is 2. The molecule has 90 valence electrons. The van der Waals surface area contributed by atoms with Crippen molar-refractivity contribution in [3.63, 3.8) is 0 Å². The summed E-state index contributed by atoms with van der Waals surface area (Å²) in [5, 5.41) is 18.2. The van der Waals surface area contributed by atoms with Crippen molar-refractivity contribution in [3.05, 3.63) is 12.1 Å². The molecule has 0 heterocycles. The van der Waals surface area contributed by atoms with Gasteiger partial charge < -0.3 is 14.4 Å². The van der Waals surface area contributed by atoms with Crippen molar-refractivity contribution in [3.8, 4) is 17.2 Å². The standard InChI is InChI=1S/C6H6O8S2/c7-4-1-3(16(11,12)13)2-5(6(4)8)14-15(9)10/h1-2,7-8H,(H,9,10)(H,11,12,13). The Labute approximate surface area is 92.3 Å². The van der Waals surface area contributed by atoms with Crippen molar-refractivity contribution < 1.29 is 36.1 Å². The lowest BCUT2D eigenvalue weighted by Crippen LogP contribution is -2.02. The minimum Gasteiger partial charge on any atom is -0.504 e. The van der Waals surface area contributed by atoms with Gasteiger partial charge >= 0.3 is 11.4 Å². The lowest BCUT2D eigenvalue weighted by Gasteiger charge is -2.06. The van der Waals surface area contributed by atoms with Gasteiger partial charge in [-0.3, -0.25) is 9.11 Å². The van der Waals surface area contributed by atoms with Gasteiger partial charge in [-0.05, 0) is 0 Å². The van der Waals surface area contributed by atoms with Crippen LogP contribution < -0.4 is 4.18 Å². The quantitative estimate of drug-likeness (QED) is 0.338. The van der Waals surface area contributed by atoms with E-state index in [4.69, 9.17) is 19.3 Å². The van der Waals surface area contributed by atoms with E-state index < -0.39 is 43.6 Å². The van der Waals surface area contributed by atoms with Crippen LogP contribution >= 0.6 is 0 Å². The molecule has 1 rings (SSSR count). The molecule has 0 aliphatic heterocycles. The molecule has 0 amide bonds. The van der Waals surface area contributed by atoms with Gasteiger partial charge in [0, 0.05) is 12.1 Å². The highest BCUT2D eigenvalue weighted by Gasteiger charge is 2.19. The Balaban J connectivity index is 3.39. The van der Waals surface area contributed by atoms with Crippen LogP contribution in [-0.2, 0) is 21.5 Å². The topological polar surface area (TPSA) is 141 Å². The summed E-state index contributed by atoms with van der Waals surface area (Å²) < 4.78 is 52.8. The minimum absolute atomic E-state index is 0.553. The molecule has 0 aliphatic rings. The molecule has 4 N–H and O–H groups in total. The molecular formula is C6H6O8S2. The maximum atomic E-state index is 10.7. The highest BCUT2D eigenvalue weighted by atomic mass is 32.2. The Bertz CT molecular complexity index is 534. The molecule has 1 unspecified atom stereocenters. The van der Waals surface area contributed by atoms with E-state index in [1.54, 1.807) is 0 Å². The number of benzene rings is 1. The molecule has 1 atom stereocenters. The van der Waals surface area contributed by atoms with Gasteiger partial charge in [-0.25, -0.2) is 0 Å². The largest absolute Gasteiger partial charge is 0.504 e. The summed E-state index contributed by atoms with van der Waals surface area (Å²) in [5.41, 5.74) is 0. The average Bonchev–Trinajstić information content (AvgIpc) is 2.10. The predicted molar refractivity (Wildman–Crippen MR) is 51.0 cm³/mol. The van der Waals surface area contributed by atoms with Crippen LogP contribution in [0.2, 0.25) is 0 Å². The maximum absolute atomic E-state index is 10.7. The average molecular weight is 270 g/mol. The van der Waals surface area contributed by atoms with E-state index in [2.05, 4.69) is 4.18 Å². The first-order valence-electron chi connectivity index (χ1n) is 3.54. The van der Waals surface area contributed by atoms with E-state index >= 15 is 0 Å². The zero-order chi connectivity index (χ0) is 12.5. The van der Waals surface area contributed by atoms with Crippen LogP contribution in [0, 0.1) is 0 Å². The number of phenols is 2. The Morgan fingerprint density at radius 1 is 1.25 bits per heavy atom. The van der Waals surface area contributed by atoms with Gasteiger partial charge in [0.2, 0.25) is 5.75 Å². The zero-order valence-corrected chi connectivity index (χ0v) is 9.03. The lowest BCUT2D eigenvalue weighted by atomic mass is 10.3. The van der Waals surface area contributed by atoms with Crippen LogP contribution in [0.1, 0.15) is 0 Å². The number of hydrogen-bond acceptors (Lipinski definition) is 6. The fourth-order valence-corrected chi connectivity index (χ4v) is 1.66. The third-order valence-electron chi connectivity index (χ3n) is 1.49. The molecule has 0 bridgehead atoms. The molecule has 0 aliphatic carbocycles. The summed E-state index contributed by atoms with van der Waals surface area (Å²) in [7, 11) is -4.63. The molecule has 1 aromatic rings. The Morgan fingerprint density at radius 2 is 1.81 bits per heavy atom. The maximum Gasteiger partial charge on any atom is 0.357 e. The van der Waals surface area contributed by atoms with E-state index in [1.165, 1.54) is 0 Å². The first-order chi connectivity index (χ1) is 7.21. The van der Waals surface area contributed by atoms with Gasteiger partial charge in [0.15, 0.2) is 11.5 Å². The number of phenolic OH excluding ortho intramolecular Hbond substituents is 2. The number of hydrogen-bond donors (Lipinski definition) is 4. The second kappa shape index (κ2) is 4.25. The van der Waals surface area contributed by atoms with Gasteiger partial charge in [0.1, 0.15) is 4.90 Å². The normalized spacial score (nSPS) is 13.4. The van der Waals surface area contributed by atoms with Crippen molar-refractivity contribution >= 4 is 21.5 Å². The molecule has 0 aromatic heterocycles. The fraction of sp³-hybridized carbons (Fsp3) is 0. The van der Waals surface area contributed by atoms with Gasteiger partial charge in [-0.1, -0.05) is 0 Å². The van der Waals surface area contributed by atoms with Crippen LogP contribution in [-0.4, -0.2) is 31.9 Å². The van der Waals surface area contributed by atoms with Crippen LogP contribution in [0.3, 0.4) is 0 Å². The highest BCUT2D eigenvalue weighted by Crippen LogP contribution is 2.38. The third-order valence-corrected chi connectivity index (χ3v) is 2.64. The first kappa shape index (κ1) is 12.7. The van der Waals surface area contributed by atoms with E-state index in [0.29, 0.717) is 12.1 Å². The molecule has 8 nitrogen and oxygen atoms in total. The van der Waals surface area contributed by atoms with Crippen molar-refractivity contribution in [2.45, 2.75) is 4.90 Å². The van der Waals surface area contributed by atoms with Crippen LogP contribution in [0.5, 0.6) is 17.2 Å². The molecule has 0 saturated heterocycles. The third kappa shape index (κ3) is 2.82. The van der Waals surface area contributed by atoms with Crippen molar-refractivity contribution in [2.24, 2.45) is 0 Å². The zero-order valence-electron chi connectivity index (χ0n) is 7.39. The number of rotatable bonds is 3. The molecular weight excluding hydrogens is 264 g/mol. The predicted octanol–water partition coefficient (Wildman–Crippen LogP) is -0.140. The Hall–Kier alpha value is -1.36. The van der Waals surface area contributed by atoms with E-state index in [0.717, 1.165) is 0 Å². The smallest absolute Gasteiger partial charge is 0.357 e. The van der Waals surface area contributed by atoms with Crippen molar-refractivity contribution in [1.82, 2.24) is 0 Å². The monoisotopic (exact) mass is 270 g/mol. The molecule has 16 heavy (non-hydrogen) atoms. The van der Waals surface area contributed by atoms with Gasteiger partial charge in [-0.15, -0.1) is 0 Å². The minimum atomic E-state index is -4.63. The molecule has 1 aromatic carbocycles. The summed E-state index contributed by atoms with van der Waals surface area (Å²) in [6.45, 7) is 0. The van der Waals surface area contributed by atoms with Crippen LogP contribution in [0.15, 0.2) is 17.0 Å². The van der Waals surface area contributed by atoms with Crippen LogP contribution in [0.4, 0.5) is 0 Å². The van der Waals surface area contributed by atoms with Gasteiger partial charge in [0.05, 0.1) is 0 Å². The lowest BCUT2D eigenvalue weighted by molar-refractivity contribution is 0.377. The SMILES string of the molecule is O=S(O)Oc1cc(S(=O)(=O)O)cc(O)c1O. The summed E-state index contributed by atoms with van der Waals surface area (Å²) in [6, 6.07) is 1.14. The van der Waals surface area contributed by atoms with Gasteiger partial charge in [-0.2, -0.15) is 12.6 Å². The molecule has 10 heteroatoms. The molecule has 0 fully saturated rings. The van der Waals surface area contributed by atoms with Crippen molar-refractivity contribution in [2.75, 3.05) is 0 Å². The summed E-state index contributed by atoms with van der Waals surface area (Å²) in [6.07, 6.45) is 0. The highest BCUT2D eigenvalue weighted by molar-refractivity contribution is 7.85. The first-order valence-corrected chi connectivity index (χ1v) is 6.01. The summed E-state index contributed by atoms with van der Waals surface area (Å²) in [4.78, 5) is -0.789. The van der Waals surface area contributed by atoms with Gasteiger partial charge in [0.25, 0.3) is 10.1 Å². The second-order valence-corrected chi connectivity index (χ2v) is 4.59. The summed E-state index contributed by atoms with van der Waals surface area (Å²) in [5.74, 6) is -2.60.